The van der Waals surface area contributed by atoms with Gasteiger partial charge >= 0.3 is 12.1 Å². The van der Waals surface area contributed by atoms with Crippen LogP contribution >= 0.6 is 10.0 Å². The number of ether oxygens (including phenoxy) is 1. The van der Waals surface area contributed by atoms with Crippen molar-refractivity contribution in [3.8, 4) is 0 Å². The van der Waals surface area contributed by atoms with Crippen molar-refractivity contribution < 1.29 is 28.6 Å². The average molecular weight is 606 g/mol. The Labute approximate surface area is 248 Å². The number of hydrogen-bond acceptors (Lipinski definition) is 6. The van der Waals surface area contributed by atoms with Gasteiger partial charge in [-0.1, -0.05) is 12.1 Å². The van der Waals surface area contributed by atoms with Gasteiger partial charge in [-0.3, -0.25) is 4.79 Å². The second-order valence-electron chi connectivity index (χ2n) is 13.1. The Balaban J connectivity index is 1.68. The van der Waals surface area contributed by atoms with E-state index in [0.29, 0.717) is 16.8 Å². The van der Waals surface area contributed by atoms with E-state index in [1.807, 2.05) is 13.8 Å². The van der Waals surface area contributed by atoms with Gasteiger partial charge in [0.1, 0.15) is 11.6 Å². The standard InChI is InChI=1S/C30H44FN5O5S/c1-9-41-27(39)36-24(33-25(37)30(14-11-15-30)42(6,7)8)21-18-35(29(4,5)23(21)34-36)26(38)32-22(17-28(2,3)40)19-12-10-13-20(31)16-19/h10,12-13,16,22,40H,9,11,14-15,17-18H2,1-8H3,(H,32,38)(H,33,37). The number of carbonyl (C=O) groups is 3. The van der Waals surface area contributed by atoms with Crippen LogP contribution in [0.2, 0.25) is 0 Å². The van der Waals surface area contributed by atoms with Crippen molar-refractivity contribution >= 4 is 33.9 Å². The molecule has 1 aliphatic heterocycles. The molecular weight excluding hydrogens is 561 g/mol. The molecule has 0 bridgehead atoms. The number of aromatic nitrogens is 2. The largest absolute Gasteiger partial charge is 0.448 e. The first-order chi connectivity index (χ1) is 19.4. The number of fused-ring (bicyclic) bond motifs is 1. The minimum absolute atomic E-state index is 0.0664. The Morgan fingerprint density at radius 3 is 2.40 bits per heavy atom. The lowest BCUT2D eigenvalue weighted by Crippen LogP contribution is -2.52. The van der Waals surface area contributed by atoms with Crippen LogP contribution in [0.1, 0.15) is 83.2 Å². The molecule has 42 heavy (non-hydrogen) atoms. The van der Waals surface area contributed by atoms with E-state index < -0.39 is 49.9 Å². The molecule has 0 radical (unpaired) electrons. The van der Waals surface area contributed by atoms with E-state index >= 15 is 0 Å². The molecule has 232 valence electrons. The van der Waals surface area contributed by atoms with Crippen molar-refractivity contribution in [1.29, 1.82) is 0 Å². The average Bonchev–Trinajstić information content (AvgIpc) is 3.30. The summed E-state index contributed by atoms with van der Waals surface area (Å²) in [4.78, 5) is 42.1. The number of nitrogens with zero attached hydrogens (tertiary/aromatic N) is 3. The Morgan fingerprint density at radius 2 is 1.88 bits per heavy atom. The van der Waals surface area contributed by atoms with E-state index in [9.17, 15) is 23.9 Å². The predicted molar refractivity (Wildman–Crippen MR) is 162 cm³/mol. The first-order valence-electron chi connectivity index (χ1n) is 14.3. The summed E-state index contributed by atoms with van der Waals surface area (Å²) >= 11 is 0. The Kier molecular flexibility index (Phi) is 8.47. The van der Waals surface area contributed by atoms with Gasteiger partial charge in [-0.15, -0.1) is 4.68 Å². The molecule has 0 saturated heterocycles. The molecule has 1 aromatic carbocycles. The van der Waals surface area contributed by atoms with Gasteiger partial charge in [-0.2, -0.15) is 5.10 Å². The molecule has 3 N–H and O–H groups in total. The summed E-state index contributed by atoms with van der Waals surface area (Å²) in [6.07, 6.45) is 8.31. The Morgan fingerprint density at radius 1 is 1.21 bits per heavy atom. The highest BCUT2D eigenvalue weighted by Crippen LogP contribution is 2.61. The maximum absolute atomic E-state index is 14.1. The molecule has 10 nitrogen and oxygen atoms in total. The SMILES string of the molecule is CCOC(=O)n1nc2c(c1NC(=O)C1(S(C)(C)C)CCC1)CN(C(=O)NC(CC(C)(C)O)c1cccc(F)c1)C2(C)C. The van der Waals surface area contributed by atoms with Crippen LogP contribution in [0.5, 0.6) is 0 Å². The van der Waals surface area contributed by atoms with E-state index in [0.717, 1.165) is 23.9 Å². The third-order valence-corrected chi connectivity index (χ3v) is 11.4. The highest BCUT2D eigenvalue weighted by atomic mass is 32.3. The van der Waals surface area contributed by atoms with Crippen molar-refractivity contribution in [3.05, 3.63) is 46.9 Å². The number of carbonyl (C=O) groups excluding carboxylic acids is 3. The van der Waals surface area contributed by atoms with Crippen LogP contribution in [-0.2, 0) is 21.6 Å². The van der Waals surface area contributed by atoms with Crippen LogP contribution in [-0.4, -0.2) is 73.5 Å². The second-order valence-corrected chi connectivity index (χ2v) is 17.6. The normalized spacial score (nSPS) is 18.5. The first-order valence-corrected chi connectivity index (χ1v) is 17.1. The molecule has 3 amide bonds. The second kappa shape index (κ2) is 11.2. The zero-order valence-electron chi connectivity index (χ0n) is 25.8. The van der Waals surface area contributed by atoms with Gasteiger partial charge in [-0.25, -0.2) is 24.0 Å². The predicted octanol–water partition coefficient (Wildman–Crippen LogP) is 5.24. The van der Waals surface area contributed by atoms with Crippen molar-refractivity contribution in [2.24, 2.45) is 0 Å². The minimum atomic E-state index is -1.27. The summed E-state index contributed by atoms with van der Waals surface area (Å²) in [7, 11) is -1.27. The van der Waals surface area contributed by atoms with E-state index in [2.05, 4.69) is 34.5 Å². The molecule has 2 aromatic rings. The molecule has 1 atom stereocenters. The summed E-state index contributed by atoms with van der Waals surface area (Å²) in [6.45, 7) is 8.77. The lowest BCUT2D eigenvalue weighted by atomic mass is 9.83. The number of anilines is 1. The number of amides is 3. The molecule has 4 rings (SSSR count). The van der Waals surface area contributed by atoms with Crippen LogP contribution in [0, 0.1) is 5.82 Å². The molecule has 1 saturated carbocycles. The lowest BCUT2D eigenvalue weighted by Gasteiger charge is -2.53. The smallest absolute Gasteiger partial charge is 0.436 e. The van der Waals surface area contributed by atoms with Crippen molar-refractivity contribution in [2.45, 2.75) is 88.8 Å². The van der Waals surface area contributed by atoms with Crippen molar-refractivity contribution in [2.75, 3.05) is 30.7 Å². The summed E-state index contributed by atoms with van der Waals surface area (Å²) in [6, 6.07) is 4.79. The highest BCUT2D eigenvalue weighted by Gasteiger charge is 2.52. The van der Waals surface area contributed by atoms with E-state index in [1.165, 1.54) is 12.1 Å². The van der Waals surface area contributed by atoms with Crippen molar-refractivity contribution in [1.82, 2.24) is 20.0 Å². The fourth-order valence-corrected chi connectivity index (χ4v) is 8.01. The minimum Gasteiger partial charge on any atom is -0.448 e. The van der Waals surface area contributed by atoms with Gasteiger partial charge in [0.2, 0.25) is 5.91 Å². The number of nitrogens with one attached hydrogen (secondary N) is 2. The van der Waals surface area contributed by atoms with Gasteiger partial charge in [0, 0.05) is 12.0 Å². The maximum Gasteiger partial charge on any atom is 0.436 e. The van der Waals surface area contributed by atoms with Crippen LogP contribution in [0.15, 0.2) is 24.3 Å². The Hall–Kier alpha value is -3.12. The maximum atomic E-state index is 14.1. The van der Waals surface area contributed by atoms with Crippen LogP contribution in [0.4, 0.5) is 19.8 Å². The molecule has 2 aliphatic rings. The van der Waals surface area contributed by atoms with Crippen LogP contribution in [0.25, 0.3) is 0 Å². The molecule has 0 spiro atoms. The lowest BCUT2D eigenvalue weighted by molar-refractivity contribution is -0.120. The molecule has 1 aromatic heterocycles. The number of hydrogen-bond donors (Lipinski definition) is 3. The third-order valence-electron chi connectivity index (χ3n) is 8.47. The molecule has 1 unspecified atom stereocenters. The highest BCUT2D eigenvalue weighted by molar-refractivity contribution is 8.33. The molecular formula is C30H44FN5O5S. The molecule has 2 heterocycles. The number of halogens is 1. The monoisotopic (exact) mass is 605 g/mol. The van der Waals surface area contributed by atoms with Gasteiger partial charge in [0.15, 0.2) is 0 Å². The van der Waals surface area contributed by atoms with E-state index in [1.54, 1.807) is 37.8 Å². The van der Waals surface area contributed by atoms with Crippen LogP contribution in [0.3, 0.4) is 0 Å². The summed E-state index contributed by atoms with van der Waals surface area (Å²) < 4.78 is 19.9. The topological polar surface area (TPSA) is 126 Å². The van der Waals surface area contributed by atoms with Crippen molar-refractivity contribution in [3.63, 3.8) is 0 Å². The molecule has 1 fully saturated rings. The number of benzene rings is 1. The third kappa shape index (κ3) is 5.88. The molecule has 1 aliphatic carbocycles. The summed E-state index contributed by atoms with van der Waals surface area (Å²) in [5, 5.41) is 21.1. The zero-order valence-corrected chi connectivity index (χ0v) is 26.7. The number of aliphatic hydroxyl groups is 1. The van der Waals surface area contributed by atoms with E-state index in [-0.39, 0.29) is 31.3 Å². The van der Waals surface area contributed by atoms with Gasteiger partial charge in [0.25, 0.3) is 0 Å². The Bertz CT molecular complexity index is 1370. The number of urea groups is 1. The first kappa shape index (κ1) is 31.8. The van der Waals surface area contributed by atoms with Gasteiger partial charge in [0.05, 0.1) is 40.8 Å². The summed E-state index contributed by atoms with van der Waals surface area (Å²) in [5.74, 6) is -0.384. The van der Waals surface area contributed by atoms with Gasteiger partial charge < -0.3 is 25.4 Å². The fourth-order valence-electron chi connectivity index (χ4n) is 5.89. The van der Waals surface area contributed by atoms with E-state index in [4.69, 9.17) is 4.74 Å². The zero-order chi connectivity index (χ0) is 31.3. The van der Waals surface area contributed by atoms with Crippen LogP contribution < -0.4 is 10.6 Å². The quantitative estimate of drug-likeness (QED) is 0.378. The number of rotatable bonds is 8. The fraction of sp³-hybridized carbons (Fsp3) is 0.600. The summed E-state index contributed by atoms with van der Waals surface area (Å²) in [5.41, 5.74) is -0.563. The molecule has 12 heteroatoms. The van der Waals surface area contributed by atoms with Gasteiger partial charge in [-0.05, 0) is 90.3 Å².